The highest BCUT2D eigenvalue weighted by Gasteiger charge is 2.31. The lowest BCUT2D eigenvalue weighted by Gasteiger charge is -2.33. The highest BCUT2D eigenvalue weighted by molar-refractivity contribution is 5.95. The smallest absolute Gasteiger partial charge is 0.225 e. The second kappa shape index (κ2) is 6.63. The van der Waals surface area contributed by atoms with Gasteiger partial charge in [-0.25, -0.2) is 4.98 Å². The van der Waals surface area contributed by atoms with Gasteiger partial charge in [-0.15, -0.1) is 0 Å². The standard InChI is InChI=1S/C21H25N3O2/c1-14-12-15(2)23-19(13-14)22-20(18-10-7-11-26-18)21(23)24(16(3)25)17-8-5-4-6-9-17/h7,10-13,17H,4-6,8-9H2,1-3H3. The van der Waals surface area contributed by atoms with Gasteiger partial charge in [-0.1, -0.05) is 19.3 Å². The number of anilines is 1. The number of amides is 1. The normalized spacial score (nSPS) is 15.5. The average Bonchev–Trinajstić information content (AvgIpc) is 3.24. The maximum absolute atomic E-state index is 12.7. The van der Waals surface area contributed by atoms with E-state index < -0.39 is 0 Å². The fourth-order valence-corrected chi connectivity index (χ4v) is 4.23. The first-order chi connectivity index (χ1) is 12.6. The summed E-state index contributed by atoms with van der Waals surface area (Å²) in [6.45, 7) is 5.79. The van der Waals surface area contributed by atoms with E-state index in [0.29, 0.717) is 5.76 Å². The van der Waals surface area contributed by atoms with Crippen molar-refractivity contribution in [2.75, 3.05) is 4.90 Å². The molecular weight excluding hydrogens is 326 g/mol. The number of nitrogens with zero attached hydrogens (tertiary/aromatic N) is 3. The predicted octanol–water partition coefficient (Wildman–Crippen LogP) is 4.90. The zero-order valence-corrected chi connectivity index (χ0v) is 15.7. The fourth-order valence-electron chi connectivity index (χ4n) is 4.23. The van der Waals surface area contributed by atoms with Gasteiger partial charge < -0.3 is 4.42 Å². The van der Waals surface area contributed by atoms with Crippen molar-refractivity contribution < 1.29 is 9.21 Å². The molecule has 1 aliphatic carbocycles. The first kappa shape index (κ1) is 16.9. The molecule has 3 aromatic rings. The van der Waals surface area contributed by atoms with Gasteiger partial charge in [0.2, 0.25) is 5.91 Å². The Hall–Kier alpha value is -2.56. The number of hydrogen-bond donors (Lipinski definition) is 0. The number of furan rings is 1. The Morgan fingerprint density at radius 2 is 2.00 bits per heavy atom. The molecule has 4 rings (SSSR count). The summed E-state index contributed by atoms with van der Waals surface area (Å²) in [6.07, 6.45) is 7.31. The van der Waals surface area contributed by atoms with Crippen molar-refractivity contribution in [2.45, 2.75) is 58.9 Å². The molecule has 1 saturated carbocycles. The molecule has 26 heavy (non-hydrogen) atoms. The maximum Gasteiger partial charge on any atom is 0.225 e. The number of imidazole rings is 1. The summed E-state index contributed by atoms with van der Waals surface area (Å²) in [5, 5.41) is 0. The molecule has 0 spiro atoms. The maximum atomic E-state index is 12.7. The molecule has 0 saturated heterocycles. The molecular formula is C21H25N3O2. The van der Waals surface area contributed by atoms with Crippen molar-refractivity contribution in [2.24, 2.45) is 0 Å². The Bertz CT molecular complexity index is 934. The Labute approximate surface area is 153 Å². The minimum atomic E-state index is 0.0616. The lowest BCUT2D eigenvalue weighted by molar-refractivity contribution is -0.117. The van der Waals surface area contributed by atoms with Crippen LogP contribution in [0.15, 0.2) is 34.9 Å². The number of carbonyl (C=O) groups is 1. The number of pyridine rings is 1. The van der Waals surface area contributed by atoms with E-state index in [0.717, 1.165) is 41.3 Å². The number of aryl methyl sites for hydroxylation is 2. The monoisotopic (exact) mass is 351 g/mol. The number of rotatable bonds is 3. The molecule has 5 heteroatoms. The number of aromatic nitrogens is 2. The van der Waals surface area contributed by atoms with Gasteiger partial charge in [0.25, 0.3) is 0 Å². The van der Waals surface area contributed by atoms with Gasteiger partial charge in [0.1, 0.15) is 11.3 Å². The third-order valence-corrected chi connectivity index (χ3v) is 5.29. The summed E-state index contributed by atoms with van der Waals surface area (Å²) in [4.78, 5) is 19.5. The quantitative estimate of drug-likeness (QED) is 0.674. The van der Waals surface area contributed by atoms with Crippen molar-refractivity contribution in [1.29, 1.82) is 0 Å². The van der Waals surface area contributed by atoms with Crippen LogP contribution >= 0.6 is 0 Å². The van der Waals surface area contributed by atoms with Crippen LogP contribution in [0.25, 0.3) is 17.1 Å². The minimum Gasteiger partial charge on any atom is -0.463 e. The predicted molar refractivity (Wildman–Crippen MR) is 102 cm³/mol. The van der Waals surface area contributed by atoms with Crippen LogP contribution in [0.2, 0.25) is 0 Å². The Morgan fingerprint density at radius 1 is 1.23 bits per heavy atom. The summed E-state index contributed by atoms with van der Waals surface area (Å²) < 4.78 is 7.76. The van der Waals surface area contributed by atoms with E-state index >= 15 is 0 Å². The lowest BCUT2D eigenvalue weighted by atomic mass is 9.94. The molecule has 3 heterocycles. The molecule has 0 bridgehead atoms. The molecule has 1 fully saturated rings. The lowest BCUT2D eigenvalue weighted by Crippen LogP contribution is -2.41. The third-order valence-electron chi connectivity index (χ3n) is 5.29. The van der Waals surface area contributed by atoms with Gasteiger partial charge in [-0.2, -0.15) is 0 Å². The van der Waals surface area contributed by atoms with Gasteiger partial charge in [0.05, 0.1) is 6.26 Å². The van der Waals surface area contributed by atoms with Crippen molar-refractivity contribution in [1.82, 2.24) is 9.38 Å². The van der Waals surface area contributed by atoms with E-state index in [2.05, 4.69) is 30.4 Å². The second-order valence-corrected chi connectivity index (χ2v) is 7.31. The highest BCUT2D eigenvalue weighted by Crippen LogP contribution is 2.37. The summed E-state index contributed by atoms with van der Waals surface area (Å²) in [7, 11) is 0. The topological polar surface area (TPSA) is 50.8 Å². The van der Waals surface area contributed by atoms with Crippen LogP contribution in [0.3, 0.4) is 0 Å². The minimum absolute atomic E-state index is 0.0616. The number of carbonyl (C=O) groups excluding carboxylic acids is 1. The second-order valence-electron chi connectivity index (χ2n) is 7.31. The van der Waals surface area contributed by atoms with Crippen LogP contribution in [0.4, 0.5) is 5.82 Å². The largest absolute Gasteiger partial charge is 0.463 e. The van der Waals surface area contributed by atoms with Crippen LogP contribution in [0, 0.1) is 13.8 Å². The Kier molecular flexibility index (Phi) is 4.31. The van der Waals surface area contributed by atoms with E-state index in [9.17, 15) is 4.79 Å². The molecule has 136 valence electrons. The van der Waals surface area contributed by atoms with Gasteiger partial charge in [0.15, 0.2) is 11.6 Å². The Balaban J connectivity index is 1.98. The molecule has 0 radical (unpaired) electrons. The van der Waals surface area contributed by atoms with Crippen LogP contribution in [0.1, 0.15) is 50.3 Å². The van der Waals surface area contributed by atoms with Crippen molar-refractivity contribution in [3.63, 3.8) is 0 Å². The van der Waals surface area contributed by atoms with E-state index in [1.165, 1.54) is 19.3 Å². The molecule has 5 nitrogen and oxygen atoms in total. The molecule has 1 aliphatic rings. The number of hydrogen-bond acceptors (Lipinski definition) is 3. The molecule has 0 aromatic carbocycles. The van der Waals surface area contributed by atoms with Gasteiger partial charge in [-0.05, 0) is 56.5 Å². The van der Waals surface area contributed by atoms with Crippen LogP contribution in [-0.4, -0.2) is 21.3 Å². The Morgan fingerprint density at radius 3 is 2.65 bits per heavy atom. The molecule has 0 atom stereocenters. The van der Waals surface area contributed by atoms with E-state index in [4.69, 9.17) is 9.40 Å². The van der Waals surface area contributed by atoms with E-state index in [-0.39, 0.29) is 11.9 Å². The SMILES string of the molecule is CC(=O)N(c1c(-c2ccco2)nc2cc(C)cc(C)n12)C1CCCCC1. The first-order valence-electron chi connectivity index (χ1n) is 9.39. The highest BCUT2D eigenvalue weighted by atomic mass is 16.3. The summed E-state index contributed by atoms with van der Waals surface area (Å²) in [5.74, 6) is 1.60. The van der Waals surface area contributed by atoms with Gasteiger partial charge >= 0.3 is 0 Å². The summed E-state index contributed by atoms with van der Waals surface area (Å²) >= 11 is 0. The summed E-state index contributed by atoms with van der Waals surface area (Å²) in [5.41, 5.74) is 3.82. The van der Waals surface area contributed by atoms with E-state index in [1.54, 1.807) is 13.2 Å². The third kappa shape index (κ3) is 2.81. The molecule has 1 amide bonds. The first-order valence-corrected chi connectivity index (χ1v) is 9.39. The fraction of sp³-hybridized carbons (Fsp3) is 0.429. The van der Waals surface area contributed by atoms with Gasteiger partial charge in [0, 0.05) is 18.7 Å². The molecule has 0 N–H and O–H groups in total. The van der Waals surface area contributed by atoms with Crippen LogP contribution in [-0.2, 0) is 4.79 Å². The van der Waals surface area contributed by atoms with E-state index in [1.807, 2.05) is 17.0 Å². The average molecular weight is 351 g/mol. The number of fused-ring (bicyclic) bond motifs is 1. The van der Waals surface area contributed by atoms with Crippen molar-refractivity contribution in [3.05, 3.63) is 41.8 Å². The van der Waals surface area contributed by atoms with Crippen molar-refractivity contribution >= 4 is 17.4 Å². The van der Waals surface area contributed by atoms with Crippen LogP contribution in [0.5, 0.6) is 0 Å². The van der Waals surface area contributed by atoms with Gasteiger partial charge in [-0.3, -0.25) is 14.1 Å². The molecule has 0 aliphatic heterocycles. The van der Waals surface area contributed by atoms with Crippen LogP contribution < -0.4 is 4.90 Å². The zero-order valence-electron chi connectivity index (χ0n) is 15.7. The molecule has 0 unspecified atom stereocenters. The summed E-state index contributed by atoms with van der Waals surface area (Å²) in [6, 6.07) is 8.17. The zero-order chi connectivity index (χ0) is 18.3. The van der Waals surface area contributed by atoms with Crippen molar-refractivity contribution in [3.8, 4) is 11.5 Å². The molecule has 3 aromatic heterocycles.